The van der Waals surface area contributed by atoms with Crippen molar-refractivity contribution < 1.29 is 31.6 Å². The first-order chi connectivity index (χ1) is 13.1. The number of rotatable bonds is 3. The summed E-state index contributed by atoms with van der Waals surface area (Å²) in [6.45, 7) is 3.29. The molecular weight excluding hydrogens is 377 g/mol. The van der Waals surface area contributed by atoms with Gasteiger partial charge in [-0.2, -0.15) is 13.2 Å². The molecule has 146 valence electrons. The zero-order chi connectivity index (χ0) is 20.5. The molecule has 0 saturated carbocycles. The summed E-state index contributed by atoms with van der Waals surface area (Å²) in [7, 11) is 0. The lowest BCUT2D eigenvalue weighted by atomic mass is 10.1. The third-order valence-corrected chi connectivity index (χ3v) is 3.88. The second-order valence-electron chi connectivity index (χ2n) is 5.98. The average Bonchev–Trinajstić information content (AvgIpc) is 3.25. The number of carbonyl (C=O) groups excluding carboxylic acids is 2. The second kappa shape index (κ2) is 7.26. The summed E-state index contributed by atoms with van der Waals surface area (Å²) in [4.78, 5) is 24.2. The van der Waals surface area contributed by atoms with Gasteiger partial charge in [0.2, 0.25) is 0 Å². The van der Waals surface area contributed by atoms with Crippen LogP contribution >= 0.6 is 0 Å². The van der Waals surface area contributed by atoms with Crippen molar-refractivity contribution in [2.45, 2.75) is 20.0 Å². The highest BCUT2D eigenvalue weighted by Gasteiger charge is 2.30. The normalized spacial score (nSPS) is 11.3. The summed E-state index contributed by atoms with van der Waals surface area (Å²) in [5.74, 6) is -0.478. The highest BCUT2D eigenvalue weighted by molar-refractivity contribution is 5.98. The molecule has 0 saturated heterocycles. The van der Waals surface area contributed by atoms with E-state index in [-0.39, 0.29) is 22.6 Å². The van der Waals surface area contributed by atoms with Crippen LogP contribution in [-0.2, 0) is 6.18 Å². The Kier molecular flexibility index (Phi) is 5.00. The summed E-state index contributed by atoms with van der Waals surface area (Å²) in [5, 5.41) is 0. The topological polar surface area (TPSA) is 84.5 Å². The fourth-order valence-corrected chi connectivity index (χ4v) is 2.56. The molecule has 0 bridgehead atoms. The molecular formula is C19H15F3N2O4. The van der Waals surface area contributed by atoms with Crippen LogP contribution < -0.4 is 10.9 Å². The number of carbonyl (C=O) groups is 2. The van der Waals surface area contributed by atoms with E-state index in [1.165, 1.54) is 30.3 Å². The van der Waals surface area contributed by atoms with Gasteiger partial charge in [-0.3, -0.25) is 20.4 Å². The Morgan fingerprint density at radius 3 is 2.29 bits per heavy atom. The van der Waals surface area contributed by atoms with E-state index in [9.17, 15) is 22.8 Å². The van der Waals surface area contributed by atoms with Crippen LogP contribution in [0.2, 0.25) is 0 Å². The van der Waals surface area contributed by atoms with Crippen LogP contribution in [0.4, 0.5) is 13.2 Å². The number of benzene rings is 1. The average molecular weight is 392 g/mol. The van der Waals surface area contributed by atoms with E-state index >= 15 is 0 Å². The van der Waals surface area contributed by atoms with Gasteiger partial charge >= 0.3 is 12.1 Å². The molecule has 0 radical (unpaired) electrons. The van der Waals surface area contributed by atoms with E-state index in [0.29, 0.717) is 11.5 Å². The largest absolute Gasteiger partial charge is 0.466 e. The van der Waals surface area contributed by atoms with Crippen LogP contribution in [0, 0.1) is 13.8 Å². The second-order valence-corrected chi connectivity index (χ2v) is 5.98. The molecule has 0 aliphatic rings. The van der Waals surface area contributed by atoms with Crippen molar-refractivity contribution in [3.63, 3.8) is 0 Å². The van der Waals surface area contributed by atoms with E-state index in [0.717, 1.165) is 12.1 Å². The monoisotopic (exact) mass is 392 g/mol. The molecule has 9 heteroatoms. The highest BCUT2D eigenvalue weighted by atomic mass is 19.4. The molecule has 0 aliphatic heterocycles. The zero-order valence-corrected chi connectivity index (χ0v) is 14.8. The summed E-state index contributed by atoms with van der Waals surface area (Å²) in [6, 6.07) is 8.73. The Bertz CT molecular complexity index is 1030. The van der Waals surface area contributed by atoms with Gasteiger partial charge in [-0.15, -0.1) is 0 Å². The third-order valence-electron chi connectivity index (χ3n) is 3.88. The Balaban J connectivity index is 1.69. The minimum absolute atomic E-state index is 0.0869. The van der Waals surface area contributed by atoms with Crippen LogP contribution in [0.5, 0.6) is 0 Å². The standard InChI is InChI=1S/C19H15F3N2O4/c1-10-8-14(11(2)27-10)17(25)23-24-18(26)16-7-6-15(28-16)12-4-3-5-13(9-12)19(20,21)22/h3-9H,1-2H3,(H,23,25)(H,24,26). The maximum absolute atomic E-state index is 12.8. The summed E-state index contributed by atoms with van der Waals surface area (Å²) in [6.07, 6.45) is -4.49. The van der Waals surface area contributed by atoms with Crippen LogP contribution in [0.3, 0.4) is 0 Å². The SMILES string of the molecule is Cc1cc(C(=O)NNC(=O)c2ccc(-c3cccc(C(F)(F)F)c3)o2)c(C)o1. The lowest BCUT2D eigenvalue weighted by Gasteiger charge is -2.07. The van der Waals surface area contributed by atoms with Gasteiger partial charge in [0.05, 0.1) is 11.1 Å². The van der Waals surface area contributed by atoms with Crippen molar-refractivity contribution in [1.29, 1.82) is 0 Å². The van der Waals surface area contributed by atoms with Gasteiger partial charge in [-0.05, 0) is 44.2 Å². The van der Waals surface area contributed by atoms with E-state index < -0.39 is 23.6 Å². The van der Waals surface area contributed by atoms with Crippen LogP contribution in [-0.4, -0.2) is 11.8 Å². The van der Waals surface area contributed by atoms with Gasteiger partial charge < -0.3 is 8.83 Å². The number of halogens is 3. The number of furan rings is 2. The van der Waals surface area contributed by atoms with Gasteiger partial charge in [-0.1, -0.05) is 12.1 Å². The first-order valence-corrected chi connectivity index (χ1v) is 8.10. The number of hydrazine groups is 1. The molecule has 2 N–H and O–H groups in total. The summed E-state index contributed by atoms with van der Waals surface area (Å²) >= 11 is 0. The first kappa shape index (κ1) is 19.3. The van der Waals surface area contributed by atoms with Crippen LogP contribution in [0.1, 0.15) is 38.0 Å². The number of nitrogens with one attached hydrogen (secondary N) is 2. The number of alkyl halides is 3. The quantitative estimate of drug-likeness (QED) is 0.653. The molecule has 28 heavy (non-hydrogen) atoms. The summed E-state index contributed by atoms with van der Waals surface area (Å²) in [5.41, 5.74) is 4.01. The van der Waals surface area contributed by atoms with Crippen molar-refractivity contribution in [2.24, 2.45) is 0 Å². The molecule has 2 heterocycles. The molecule has 0 aliphatic carbocycles. The molecule has 3 rings (SSSR count). The molecule has 0 atom stereocenters. The van der Waals surface area contributed by atoms with E-state index in [1.807, 2.05) is 0 Å². The lowest BCUT2D eigenvalue weighted by molar-refractivity contribution is -0.137. The van der Waals surface area contributed by atoms with Crippen LogP contribution in [0.15, 0.2) is 51.3 Å². The summed E-state index contributed by atoms with van der Waals surface area (Å²) < 4.78 is 49.0. The third kappa shape index (κ3) is 4.08. The minimum atomic E-state index is -4.49. The first-order valence-electron chi connectivity index (χ1n) is 8.10. The maximum atomic E-state index is 12.8. The van der Waals surface area contributed by atoms with Gasteiger partial charge in [0.25, 0.3) is 5.91 Å². The minimum Gasteiger partial charge on any atom is -0.466 e. The van der Waals surface area contributed by atoms with Gasteiger partial charge in [0.15, 0.2) is 5.76 Å². The highest BCUT2D eigenvalue weighted by Crippen LogP contribution is 2.32. The number of hydrogen-bond donors (Lipinski definition) is 2. The van der Waals surface area contributed by atoms with Gasteiger partial charge in [-0.25, -0.2) is 0 Å². The molecule has 6 nitrogen and oxygen atoms in total. The number of amides is 2. The fourth-order valence-electron chi connectivity index (χ4n) is 2.56. The molecule has 0 unspecified atom stereocenters. The van der Waals surface area contributed by atoms with Crippen molar-refractivity contribution in [1.82, 2.24) is 10.9 Å². The van der Waals surface area contributed by atoms with E-state index in [4.69, 9.17) is 8.83 Å². The Morgan fingerprint density at radius 2 is 1.64 bits per heavy atom. The molecule has 1 aromatic carbocycles. The molecule has 2 aromatic heterocycles. The van der Waals surface area contributed by atoms with E-state index in [1.54, 1.807) is 13.8 Å². The molecule has 0 spiro atoms. The van der Waals surface area contributed by atoms with Crippen molar-refractivity contribution in [3.8, 4) is 11.3 Å². The predicted octanol–water partition coefficient (Wildman–Crippen LogP) is 4.25. The number of aryl methyl sites for hydroxylation is 2. The van der Waals surface area contributed by atoms with Crippen LogP contribution in [0.25, 0.3) is 11.3 Å². The lowest BCUT2D eigenvalue weighted by Crippen LogP contribution is -2.41. The van der Waals surface area contributed by atoms with Gasteiger partial charge in [0.1, 0.15) is 17.3 Å². The van der Waals surface area contributed by atoms with Gasteiger partial charge in [0, 0.05) is 5.56 Å². The predicted molar refractivity (Wildman–Crippen MR) is 92.3 cm³/mol. The Morgan fingerprint density at radius 1 is 0.929 bits per heavy atom. The smallest absolute Gasteiger partial charge is 0.416 e. The fraction of sp³-hybridized carbons (Fsp3) is 0.158. The van der Waals surface area contributed by atoms with E-state index in [2.05, 4.69) is 10.9 Å². The number of hydrogen-bond acceptors (Lipinski definition) is 4. The van der Waals surface area contributed by atoms with Crippen molar-refractivity contribution in [2.75, 3.05) is 0 Å². The van der Waals surface area contributed by atoms with Crippen molar-refractivity contribution in [3.05, 3.63) is 70.9 Å². The molecule has 2 amide bonds. The Hall–Kier alpha value is -3.49. The molecule has 3 aromatic rings. The maximum Gasteiger partial charge on any atom is 0.416 e. The van der Waals surface area contributed by atoms with Crippen molar-refractivity contribution >= 4 is 11.8 Å². The molecule has 0 fully saturated rings. The zero-order valence-electron chi connectivity index (χ0n) is 14.8. The Labute approximate surface area is 157 Å².